The van der Waals surface area contributed by atoms with Crippen molar-refractivity contribution in [2.45, 2.75) is 4.90 Å². The van der Waals surface area contributed by atoms with Gasteiger partial charge in [0.25, 0.3) is 10.0 Å². The van der Waals surface area contributed by atoms with Gasteiger partial charge in [-0.25, -0.2) is 8.42 Å². The molecule has 1 N–H and O–H groups in total. The third kappa shape index (κ3) is 5.50. The SMILES string of the molecule is COc1ccc(NC(=O)CN(c2ccc(OC)c(OC)c2)S(=O)(=O)c2ccccc2)cc1Cl. The van der Waals surface area contributed by atoms with E-state index in [9.17, 15) is 13.2 Å². The number of sulfonamides is 1. The highest BCUT2D eigenvalue weighted by Crippen LogP contribution is 2.34. The largest absolute Gasteiger partial charge is 0.495 e. The summed E-state index contributed by atoms with van der Waals surface area (Å²) >= 11 is 6.12. The average Bonchev–Trinajstić information content (AvgIpc) is 2.82. The number of hydrogen-bond donors (Lipinski definition) is 1. The van der Waals surface area contributed by atoms with Crippen LogP contribution in [-0.2, 0) is 14.8 Å². The van der Waals surface area contributed by atoms with E-state index < -0.39 is 22.5 Å². The molecule has 1 amide bonds. The van der Waals surface area contributed by atoms with Gasteiger partial charge in [0.2, 0.25) is 5.91 Å². The summed E-state index contributed by atoms with van der Waals surface area (Å²) < 4.78 is 43.6. The number of carbonyl (C=O) groups excluding carboxylic acids is 1. The molecule has 0 aliphatic carbocycles. The maximum atomic E-state index is 13.4. The summed E-state index contributed by atoms with van der Waals surface area (Å²) in [6, 6.07) is 17.2. The zero-order valence-corrected chi connectivity index (χ0v) is 19.8. The molecule has 0 aliphatic heterocycles. The van der Waals surface area contributed by atoms with Crippen molar-refractivity contribution in [3.63, 3.8) is 0 Å². The Labute approximate surface area is 197 Å². The number of ether oxygens (including phenoxy) is 3. The van der Waals surface area contributed by atoms with Crippen molar-refractivity contribution >= 4 is 38.9 Å². The van der Waals surface area contributed by atoms with Gasteiger partial charge in [0.05, 0.1) is 36.9 Å². The molecular formula is C23H23ClN2O6S. The van der Waals surface area contributed by atoms with Gasteiger partial charge in [-0.2, -0.15) is 0 Å². The maximum Gasteiger partial charge on any atom is 0.264 e. The molecule has 0 spiro atoms. The number of methoxy groups -OCH3 is 3. The fourth-order valence-corrected chi connectivity index (χ4v) is 4.78. The number of benzene rings is 3. The zero-order valence-electron chi connectivity index (χ0n) is 18.2. The van der Waals surface area contributed by atoms with Crippen LogP contribution < -0.4 is 23.8 Å². The van der Waals surface area contributed by atoms with Gasteiger partial charge in [-0.1, -0.05) is 29.8 Å². The van der Waals surface area contributed by atoms with Crippen LogP contribution in [0.4, 0.5) is 11.4 Å². The van der Waals surface area contributed by atoms with Crippen LogP contribution >= 0.6 is 11.6 Å². The molecular weight excluding hydrogens is 468 g/mol. The fraction of sp³-hybridized carbons (Fsp3) is 0.174. The summed E-state index contributed by atoms with van der Waals surface area (Å²) in [5, 5.41) is 2.98. The van der Waals surface area contributed by atoms with E-state index in [4.69, 9.17) is 25.8 Å². The molecule has 0 unspecified atom stereocenters. The highest BCUT2D eigenvalue weighted by molar-refractivity contribution is 7.92. The Hall–Kier alpha value is -3.43. The van der Waals surface area contributed by atoms with Crippen LogP contribution in [0.2, 0.25) is 5.02 Å². The lowest BCUT2D eigenvalue weighted by atomic mass is 10.2. The Kier molecular flexibility index (Phi) is 7.67. The van der Waals surface area contributed by atoms with Gasteiger partial charge in [-0.05, 0) is 42.5 Å². The lowest BCUT2D eigenvalue weighted by Gasteiger charge is -2.25. The van der Waals surface area contributed by atoms with Gasteiger partial charge >= 0.3 is 0 Å². The number of nitrogens with one attached hydrogen (secondary N) is 1. The van der Waals surface area contributed by atoms with E-state index in [1.165, 1.54) is 45.6 Å². The Balaban J connectivity index is 1.97. The molecule has 0 fully saturated rings. The minimum Gasteiger partial charge on any atom is -0.495 e. The first-order chi connectivity index (χ1) is 15.8. The summed E-state index contributed by atoms with van der Waals surface area (Å²) in [5.41, 5.74) is 0.634. The van der Waals surface area contributed by atoms with Crippen LogP contribution in [0.25, 0.3) is 0 Å². The van der Waals surface area contributed by atoms with E-state index in [-0.39, 0.29) is 10.6 Å². The Morgan fingerprint density at radius 2 is 1.52 bits per heavy atom. The van der Waals surface area contributed by atoms with Gasteiger partial charge in [0.1, 0.15) is 12.3 Å². The predicted molar refractivity (Wildman–Crippen MR) is 127 cm³/mol. The van der Waals surface area contributed by atoms with Crippen LogP contribution in [0.1, 0.15) is 0 Å². The highest BCUT2D eigenvalue weighted by atomic mass is 35.5. The summed E-state index contributed by atoms with van der Waals surface area (Å²) in [7, 11) is 0.324. The fourth-order valence-electron chi connectivity index (χ4n) is 3.09. The van der Waals surface area contributed by atoms with E-state index in [1.54, 1.807) is 42.5 Å². The third-order valence-electron chi connectivity index (χ3n) is 4.71. The summed E-state index contributed by atoms with van der Waals surface area (Å²) in [6.07, 6.45) is 0. The van der Waals surface area contributed by atoms with Crippen LogP contribution in [0.15, 0.2) is 71.6 Å². The maximum absolute atomic E-state index is 13.4. The number of amides is 1. The number of anilines is 2. The summed E-state index contributed by atoms with van der Waals surface area (Å²) in [5.74, 6) is 0.639. The Morgan fingerprint density at radius 3 is 2.12 bits per heavy atom. The van der Waals surface area contributed by atoms with Gasteiger partial charge in [-0.15, -0.1) is 0 Å². The first-order valence-corrected chi connectivity index (χ1v) is 11.5. The zero-order chi connectivity index (χ0) is 24.0. The van der Waals surface area contributed by atoms with E-state index in [0.29, 0.717) is 28.0 Å². The normalized spacial score (nSPS) is 10.9. The van der Waals surface area contributed by atoms with E-state index in [2.05, 4.69) is 5.32 Å². The van der Waals surface area contributed by atoms with Gasteiger partial charge in [0.15, 0.2) is 11.5 Å². The van der Waals surface area contributed by atoms with Crippen molar-refractivity contribution in [2.75, 3.05) is 37.5 Å². The summed E-state index contributed by atoms with van der Waals surface area (Å²) in [6.45, 7) is -0.490. The Morgan fingerprint density at radius 1 is 0.879 bits per heavy atom. The molecule has 0 radical (unpaired) electrons. The number of nitrogens with zero attached hydrogens (tertiary/aromatic N) is 1. The first kappa shape index (κ1) is 24.2. The van der Waals surface area contributed by atoms with Crippen molar-refractivity contribution < 1.29 is 27.4 Å². The van der Waals surface area contributed by atoms with Gasteiger partial charge in [0, 0.05) is 11.8 Å². The van der Waals surface area contributed by atoms with Crippen LogP contribution in [0.5, 0.6) is 17.2 Å². The standard InChI is InChI=1S/C23H23ClN2O6S/c1-30-20-11-9-16(13-19(20)24)25-23(27)15-26(33(28,29)18-7-5-4-6-8-18)17-10-12-21(31-2)22(14-17)32-3/h4-14H,15H2,1-3H3,(H,25,27). The second-order valence-electron chi connectivity index (χ2n) is 6.76. The average molecular weight is 491 g/mol. The van der Waals surface area contributed by atoms with E-state index >= 15 is 0 Å². The monoisotopic (exact) mass is 490 g/mol. The predicted octanol–water partition coefficient (Wildman–Crippen LogP) is 4.20. The second-order valence-corrected chi connectivity index (χ2v) is 9.03. The topological polar surface area (TPSA) is 94.2 Å². The second kappa shape index (κ2) is 10.5. The van der Waals surface area contributed by atoms with Crippen molar-refractivity contribution in [3.05, 3.63) is 71.8 Å². The molecule has 3 aromatic rings. The molecule has 3 rings (SSSR count). The molecule has 0 bridgehead atoms. The van der Waals surface area contributed by atoms with Gasteiger partial charge in [-0.3, -0.25) is 9.10 Å². The number of carbonyl (C=O) groups is 1. The minimum atomic E-state index is -4.07. The van der Waals surface area contributed by atoms with E-state index in [1.807, 2.05) is 0 Å². The van der Waals surface area contributed by atoms with Crippen LogP contribution in [-0.4, -0.2) is 42.2 Å². The van der Waals surface area contributed by atoms with Crippen molar-refractivity contribution in [3.8, 4) is 17.2 Å². The first-order valence-electron chi connectivity index (χ1n) is 9.73. The molecule has 33 heavy (non-hydrogen) atoms. The Bertz CT molecular complexity index is 1230. The quantitative estimate of drug-likeness (QED) is 0.483. The molecule has 0 saturated heterocycles. The van der Waals surface area contributed by atoms with Crippen LogP contribution in [0, 0.1) is 0 Å². The van der Waals surface area contributed by atoms with Crippen molar-refractivity contribution in [1.82, 2.24) is 0 Å². The van der Waals surface area contributed by atoms with E-state index in [0.717, 1.165) is 4.31 Å². The third-order valence-corrected chi connectivity index (χ3v) is 6.79. The highest BCUT2D eigenvalue weighted by Gasteiger charge is 2.28. The molecule has 0 heterocycles. The molecule has 0 atom stereocenters. The van der Waals surface area contributed by atoms with Crippen LogP contribution in [0.3, 0.4) is 0 Å². The molecule has 10 heteroatoms. The van der Waals surface area contributed by atoms with Crippen molar-refractivity contribution in [1.29, 1.82) is 0 Å². The molecule has 174 valence electrons. The molecule has 8 nitrogen and oxygen atoms in total. The summed E-state index contributed by atoms with van der Waals surface area (Å²) in [4.78, 5) is 12.9. The molecule has 3 aromatic carbocycles. The molecule has 0 aromatic heterocycles. The molecule has 0 saturated carbocycles. The number of halogens is 1. The van der Waals surface area contributed by atoms with Crippen molar-refractivity contribution in [2.24, 2.45) is 0 Å². The number of rotatable bonds is 9. The lowest BCUT2D eigenvalue weighted by Crippen LogP contribution is -2.38. The van der Waals surface area contributed by atoms with Gasteiger partial charge < -0.3 is 19.5 Å². The molecule has 0 aliphatic rings. The minimum absolute atomic E-state index is 0.0417. The lowest BCUT2D eigenvalue weighted by molar-refractivity contribution is -0.114. The number of hydrogen-bond acceptors (Lipinski definition) is 6. The smallest absolute Gasteiger partial charge is 0.264 e.